The topological polar surface area (TPSA) is 84.4 Å². The Bertz CT molecular complexity index is 1420. The van der Waals surface area contributed by atoms with E-state index >= 15 is 0 Å². The first-order valence-electron chi connectivity index (χ1n) is 14.0. The van der Waals surface area contributed by atoms with Gasteiger partial charge in [-0.2, -0.15) is 0 Å². The van der Waals surface area contributed by atoms with Gasteiger partial charge in [-0.3, -0.25) is 4.98 Å². The van der Waals surface area contributed by atoms with Gasteiger partial charge in [-0.15, -0.1) is 0 Å². The predicted molar refractivity (Wildman–Crippen MR) is 174 cm³/mol. The van der Waals surface area contributed by atoms with E-state index < -0.39 is 7.12 Å². The maximum absolute atomic E-state index is 9.54. The monoisotopic (exact) mass is 559 g/mol. The molecule has 0 saturated carbocycles. The van der Waals surface area contributed by atoms with Crippen LogP contribution in [0.1, 0.15) is 38.8 Å². The Morgan fingerprint density at radius 1 is 0.714 bits per heavy atom. The molecule has 6 rings (SSSR count). The number of hydrogen-bond donors (Lipinski definition) is 3. The van der Waals surface area contributed by atoms with Crippen LogP contribution >= 0.6 is 0 Å². The highest BCUT2D eigenvalue weighted by Gasteiger charge is 2.27. The van der Waals surface area contributed by atoms with Gasteiger partial charge in [0, 0.05) is 23.3 Å². The van der Waals surface area contributed by atoms with Gasteiger partial charge >= 0.3 is 14.0 Å². The SMILES string of the molecule is CC.CC.[C-]#[N+]c1ccc(Nc2ccc3c(c2)COB3C)cc1.[C-]#[N+]c1ccc(Nc2ccc3c(c2)COB3O)nc1. The maximum atomic E-state index is 9.54. The molecule has 4 aromatic rings. The molecule has 3 N–H and O–H groups in total. The molecule has 0 aliphatic carbocycles. The van der Waals surface area contributed by atoms with Crippen LogP contribution in [0.25, 0.3) is 9.69 Å². The zero-order valence-electron chi connectivity index (χ0n) is 24.7. The van der Waals surface area contributed by atoms with Crippen LogP contribution in [0, 0.1) is 13.1 Å². The second-order valence-corrected chi connectivity index (χ2v) is 8.87. The number of pyridine rings is 1. The second kappa shape index (κ2) is 16.0. The fourth-order valence-electron chi connectivity index (χ4n) is 4.28. The van der Waals surface area contributed by atoms with Crippen molar-refractivity contribution in [3.05, 3.63) is 113 Å². The van der Waals surface area contributed by atoms with Crippen molar-refractivity contribution in [1.29, 1.82) is 0 Å². The Morgan fingerprint density at radius 3 is 1.88 bits per heavy atom. The minimum absolute atomic E-state index is 0.196. The average molecular weight is 559 g/mol. The Hall–Kier alpha value is -4.60. The van der Waals surface area contributed by atoms with Crippen molar-refractivity contribution in [3.63, 3.8) is 0 Å². The molecule has 0 saturated heterocycles. The molecule has 1 aromatic heterocycles. The number of hydrogen-bond acceptors (Lipinski definition) is 6. The molecule has 0 atom stereocenters. The van der Waals surface area contributed by atoms with Gasteiger partial charge in [0.2, 0.25) is 5.69 Å². The number of aromatic nitrogens is 1. The molecule has 0 spiro atoms. The lowest BCUT2D eigenvalue weighted by molar-refractivity contribution is 0.275. The van der Waals surface area contributed by atoms with Gasteiger partial charge in [0.05, 0.1) is 26.4 Å². The summed E-state index contributed by atoms with van der Waals surface area (Å²) in [6.45, 7) is 25.2. The minimum atomic E-state index is -0.819. The van der Waals surface area contributed by atoms with Crippen LogP contribution in [0.15, 0.2) is 79.0 Å². The molecule has 42 heavy (non-hydrogen) atoms. The molecule has 0 radical (unpaired) electrons. The number of rotatable bonds is 4. The normalized spacial score (nSPS) is 12.0. The molecule has 3 aromatic carbocycles. The molecule has 0 amide bonds. The van der Waals surface area contributed by atoms with E-state index in [-0.39, 0.29) is 6.92 Å². The van der Waals surface area contributed by atoms with E-state index in [1.807, 2.05) is 70.2 Å². The van der Waals surface area contributed by atoms with E-state index in [2.05, 4.69) is 50.3 Å². The number of anilines is 4. The zero-order chi connectivity index (χ0) is 30.5. The van der Waals surface area contributed by atoms with E-state index in [4.69, 9.17) is 22.5 Å². The standard InChI is InChI=1S/C15H13BN2O.C13H10BN3O2.2C2H6/c1-16-15-8-7-14(9-11(15)10-19-16)18-13-5-3-12(17-2)4-6-13;1-15-11-3-5-13(16-7-11)17-10-2-4-12-9(6-10)8-19-14(12)18;2*1-2/h3-9,18H,10H2,1H3;2-7,18H,8H2,(H,16,17);2*1-2H3. The highest BCUT2D eigenvalue weighted by Crippen LogP contribution is 2.23. The third-order valence-corrected chi connectivity index (χ3v) is 6.31. The van der Waals surface area contributed by atoms with Crippen LogP contribution in [0.5, 0.6) is 0 Å². The van der Waals surface area contributed by atoms with Crippen LogP contribution in [0.4, 0.5) is 34.3 Å². The molecule has 2 aliphatic heterocycles. The van der Waals surface area contributed by atoms with Crippen molar-refractivity contribution in [2.45, 2.75) is 47.7 Å². The number of nitrogens with zero attached hydrogens (tertiary/aromatic N) is 3. The van der Waals surface area contributed by atoms with Gasteiger partial charge in [-0.05, 0) is 64.5 Å². The summed E-state index contributed by atoms with van der Waals surface area (Å²) in [4.78, 5) is 10.8. The van der Waals surface area contributed by atoms with E-state index in [1.165, 1.54) is 17.2 Å². The third kappa shape index (κ3) is 8.22. The summed E-state index contributed by atoms with van der Waals surface area (Å²) < 4.78 is 10.7. The molecule has 0 bridgehead atoms. The highest BCUT2D eigenvalue weighted by atomic mass is 16.5. The first-order valence-corrected chi connectivity index (χ1v) is 14.0. The van der Waals surface area contributed by atoms with Crippen LogP contribution < -0.4 is 21.6 Å². The van der Waals surface area contributed by atoms with Gasteiger partial charge < -0.3 is 25.0 Å². The van der Waals surface area contributed by atoms with Crippen LogP contribution in [0.3, 0.4) is 0 Å². The molecule has 3 heterocycles. The van der Waals surface area contributed by atoms with Crippen molar-refractivity contribution in [2.75, 3.05) is 10.6 Å². The quantitative estimate of drug-likeness (QED) is 0.185. The van der Waals surface area contributed by atoms with Crippen LogP contribution in [0.2, 0.25) is 6.82 Å². The van der Waals surface area contributed by atoms with Crippen molar-refractivity contribution in [2.24, 2.45) is 0 Å². The smallest absolute Gasteiger partial charge is 0.427 e. The van der Waals surface area contributed by atoms with Crippen LogP contribution in [-0.4, -0.2) is 24.0 Å². The number of fused-ring (bicyclic) bond motifs is 2. The number of benzene rings is 3. The summed E-state index contributed by atoms with van der Waals surface area (Å²) in [6, 6.07) is 22.9. The summed E-state index contributed by atoms with van der Waals surface area (Å²) in [6.07, 6.45) is 1.52. The predicted octanol–water partition coefficient (Wildman–Crippen LogP) is 6.99. The first-order chi connectivity index (χ1) is 20.5. The van der Waals surface area contributed by atoms with Gasteiger partial charge in [0.15, 0.2) is 5.69 Å². The van der Waals surface area contributed by atoms with Gasteiger partial charge in [0.1, 0.15) is 5.82 Å². The summed E-state index contributed by atoms with van der Waals surface area (Å²) in [7, 11) is -0.819. The van der Waals surface area contributed by atoms with E-state index in [0.29, 0.717) is 30.4 Å². The molecule has 2 aliphatic rings. The van der Waals surface area contributed by atoms with Gasteiger partial charge in [-0.25, -0.2) is 9.69 Å². The van der Waals surface area contributed by atoms with E-state index in [9.17, 15) is 5.02 Å². The third-order valence-electron chi connectivity index (χ3n) is 6.31. The van der Waals surface area contributed by atoms with Crippen molar-refractivity contribution in [1.82, 2.24) is 4.98 Å². The number of nitrogens with one attached hydrogen (secondary N) is 2. The Balaban J connectivity index is 0.000000206. The Labute approximate surface area is 249 Å². The van der Waals surface area contributed by atoms with E-state index in [0.717, 1.165) is 28.1 Å². The molecule has 0 fully saturated rings. The summed E-state index contributed by atoms with van der Waals surface area (Å²) in [5, 5.41) is 16.0. The van der Waals surface area contributed by atoms with Crippen molar-refractivity contribution in [3.8, 4) is 0 Å². The Kier molecular flexibility index (Phi) is 12.2. The lowest BCUT2D eigenvalue weighted by Gasteiger charge is -2.08. The van der Waals surface area contributed by atoms with Crippen LogP contribution in [-0.2, 0) is 22.5 Å². The molecule has 0 unspecified atom stereocenters. The highest BCUT2D eigenvalue weighted by molar-refractivity contribution is 6.67. The summed E-state index contributed by atoms with van der Waals surface area (Å²) in [5.74, 6) is 0.673. The first kappa shape index (κ1) is 31.9. The molecule has 8 nitrogen and oxygen atoms in total. The van der Waals surface area contributed by atoms with Gasteiger partial charge in [0.25, 0.3) is 0 Å². The van der Waals surface area contributed by atoms with Crippen molar-refractivity contribution >= 4 is 59.2 Å². The fraction of sp³-hybridized carbons (Fsp3) is 0.219. The average Bonchev–Trinajstić information content (AvgIpc) is 3.61. The van der Waals surface area contributed by atoms with Gasteiger partial charge in [-0.1, -0.05) is 64.8 Å². The minimum Gasteiger partial charge on any atom is -0.427 e. The Morgan fingerprint density at radius 2 is 1.26 bits per heavy atom. The lowest BCUT2D eigenvalue weighted by atomic mass is 9.64. The maximum Gasteiger partial charge on any atom is 0.491 e. The van der Waals surface area contributed by atoms with Crippen molar-refractivity contribution < 1.29 is 14.3 Å². The zero-order valence-corrected chi connectivity index (χ0v) is 24.7. The lowest BCUT2D eigenvalue weighted by Crippen LogP contribution is -2.27. The largest absolute Gasteiger partial charge is 0.491 e. The fourth-order valence-corrected chi connectivity index (χ4v) is 4.28. The molecular weight excluding hydrogens is 524 g/mol. The molecular formula is C32H35B2N5O3. The van der Waals surface area contributed by atoms with E-state index in [1.54, 1.807) is 12.1 Å². The molecule has 10 heteroatoms. The summed E-state index contributed by atoms with van der Waals surface area (Å²) >= 11 is 0. The molecule has 212 valence electrons. The second-order valence-electron chi connectivity index (χ2n) is 8.87. The summed E-state index contributed by atoms with van der Waals surface area (Å²) in [5.41, 5.74) is 8.37.